The molecule has 1 fully saturated rings. The molecule has 0 aromatic carbocycles. The van der Waals surface area contributed by atoms with Crippen LogP contribution in [0.25, 0.3) is 0 Å². The molecule has 0 aromatic rings. The van der Waals surface area contributed by atoms with E-state index < -0.39 is 0 Å². The minimum absolute atomic E-state index is 0.175. The Labute approximate surface area is 62.8 Å². The lowest BCUT2D eigenvalue weighted by Crippen LogP contribution is -2.40. The van der Waals surface area contributed by atoms with E-state index in [4.69, 9.17) is 5.11 Å². The average molecular weight is 143 g/mol. The molecule has 1 atom stereocenters. The lowest BCUT2D eigenvalue weighted by atomic mass is 9.92. The van der Waals surface area contributed by atoms with Crippen molar-refractivity contribution < 1.29 is 5.11 Å². The Hall–Kier alpha value is -0.0800. The Bertz CT molecular complexity index is 99.4. The summed E-state index contributed by atoms with van der Waals surface area (Å²) < 4.78 is 0. The first-order valence-electron chi connectivity index (χ1n) is 4.08. The maximum Gasteiger partial charge on any atom is 0.0639 e. The van der Waals surface area contributed by atoms with Crippen LogP contribution in [0.15, 0.2) is 0 Å². The van der Waals surface area contributed by atoms with E-state index in [1.165, 1.54) is 19.3 Å². The lowest BCUT2D eigenvalue weighted by Gasteiger charge is -2.35. The Balaban J connectivity index is 2.13. The smallest absolute Gasteiger partial charge is 0.0639 e. The molecule has 10 heavy (non-hydrogen) atoms. The molecule has 60 valence electrons. The fraction of sp³-hybridized carbons (Fsp3) is 1.00. The number of aliphatic hydroxyl groups is 1. The Kier molecular flexibility index (Phi) is 2.69. The van der Waals surface area contributed by atoms with Crippen LogP contribution in [0, 0.1) is 0 Å². The third-order valence-corrected chi connectivity index (χ3v) is 2.25. The van der Waals surface area contributed by atoms with Gasteiger partial charge in [-0.05, 0) is 26.8 Å². The van der Waals surface area contributed by atoms with E-state index in [-0.39, 0.29) is 6.10 Å². The van der Waals surface area contributed by atoms with Crippen LogP contribution in [0.1, 0.15) is 26.2 Å². The monoisotopic (exact) mass is 143 g/mol. The highest BCUT2D eigenvalue weighted by molar-refractivity contribution is 4.78. The molecule has 0 amide bonds. The first-order chi connectivity index (χ1) is 4.70. The van der Waals surface area contributed by atoms with Gasteiger partial charge in [-0.2, -0.15) is 0 Å². The van der Waals surface area contributed by atoms with E-state index in [2.05, 4.69) is 11.9 Å². The molecule has 0 aliphatic heterocycles. The molecule has 0 radical (unpaired) electrons. The van der Waals surface area contributed by atoms with E-state index in [0.29, 0.717) is 0 Å². The average Bonchev–Trinajstić information content (AvgIpc) is 1.55. The molecule has 0 unspecified atom stereocenters. The van der Waals surface area contributed by atoms with Crippen molar-refractivity contribution in [3.05, 3.63) is 0 Å². The highest BCUT2D eigenvalue weighted by Crippen LogP contribution is 2.23. The van der Waals surface area contributed by atoms with Gasteiger partial charge in [-0.25, -0.2) is 0 Å². The third-order valence-electron chi connectivity index (χ3n) is 2.25. The molecule has 0 bridgehead atoms. The number of nitrogens with zero attached hydrogens (tertiary/aromatic N) is 1. The van der Waals surface area contributed by atoms with Gasteiger partial charge in [-0.15, -0.1) is 0 Å². The lowest BCUT2D eigenvalue weighted by molar-refractivity contribution is 0.0874. The van der Waals surface area contributed by atoms with Gasteiger partial charge >= 0.3 is 0 Å². The van der Waals surface area contributed by atoms with Crippen molar-refractivity contribution in [1.29, 1.82) is 0 Å². The maximum absolute atomic E-state index is 9.05. The van der Waals surface area contributed by atoms with E-state index in [1.807, 2.05) is 6.92 Å². The van der Waals surface area contributed by atoms with Crippen LogP contribution in [-0.2, 0) is 0 Å². The molecule has 1 aliphatic rings. The number of hydrogen-bond acceptors (Lipinski definition) is 2. The van der Waals surface area contributed by atoms with Crippen molar-refractivity contribution in [1.82, 2.24) is 4.90 Å². The molecule has 2 nitrogen and oxygen atoms in total. The second-order valence-electron chi connectivity index (χ2n) is 3.37. The minimum atomic E-state index is -0.175. The molecule has 0 aromatic heterocycles. The molecule has 2 heteroatoms. The summed E-state index contributed by atoms with van der Waals surface area (Å²) >= 11 is 0. The van der Waals surface area contributed by atoms with Gasteiger partial charge in [0.1, 0.15) is 0 Å². The largest absolute Gasteiger partial charge is 0.392 e. The van der Waals surface area contributed by atoms with Crippen LogP contribution in [0.5, 0.6) is 0 Å². The SMILES string of the molecule is C[C@@H](O)CN(C)C1CCC1. The Morgan fingerprint density at radius 2 is 2.20 bits per heavy atom. The zero-order valence-electron chi connectivity index (χ0n) is 6.88. The zero-order chi connectivity index (χ0) is 7.56. The number of likely N-dealkylation sites (N-methyl/N-ethyl adjacent to an activating group) is 1. The van der Waals surface area contributed by atoms with Gasteiger partial charge in [0.2, 0.25) is 0 Å². The maximum atomic E-state index is 9.05. The first kappa shape index (κ1) is 8.02. The van der Waals surface area contributed by atoms with Gasteiger partial charge < -0.3 is 10.0 Å². The molecule has 1 rings (SSSR count). The summed E-state index contributed by atoms with van der Waals surface area (Å²) in [4.78, 5) is 2.26. The summed E-state index contributed by atoms with van der Waals surface area (Å²) in [5.41, 5.74) is 0. The van der Waals surface area contributed by atoms with Gasteiger partial charge in [-0.1, -0.05) is 6.42 Å². The molecular weight excluding hydrogens is 126 g/mol. The second kappa shape index (κ2) is 3.35. The highest BCUT2D eigenvalue weighted by Gasteiger charge is 2.22. The van der Waals surface area contributed by atoms with E-state index in [1.54, 1.807) is 0 Å². The van der Waals surface area contributed by atoms with Crippen molar-refractivity contribution in [2.45, 2.75) is 38.3 Å². The molecular formula is C8H17NO. The Morgan fingerprint density at radius 1 is 1.60 bits per heavy atom. The number of rotatable bonds is 3. The van der Waals surface area contributed by atoms with Crippen LogP contribution in [0.3, 0.4) is 0 Å². The predicted molar refractivity (Wildman–Crippen MR) is 41.9 cm³/mol. The standard InChI is InChI=1S/C8H17NO/c1-7(10)6-9(2)8-4-3-5-8/h7-8,10H,3-6H2,1-2H3/t7-/m1/s1. The second-order valence-corrected chi connectivity index (χ2v) is 3.37. The zero-order valence-corrected chi connectivity index (χ0v) is 6.88. The van der Waals surface area contributed by atoms with Gasteiger partial charge in [0.25, 0.3) is 0 Å². The van der Waals surface area contributed by atoms with E-state index in [0.717, 1.165) is 12.6 Å². The fourth-order valence-electron chi connectivity index (χ4n) is 1.39. The molecule has 0 spiro atoms. The fourth-order valence-corrected chi connectivity index (χ4v) is 1.39. The van der Waals surface area contributed by atoms with Gasteiger partial charge in [0, 0.05) is 12.6 Å². The summed E-state index contributed by atoms with van der Waals surface area (Å²) in [6, 6.07) is 0.759. The number of hydrogen-bond donors (Lipinski definition) is 1. The summed E-state index contributed by atoms with van der Waals surface area (Å²) in [5.74, 6) is 0. The number of aliphatic hydroxyl groups excluding tert-OH is 1. The van der Waals surface area contributed by atoms with Crippen LogP contribution in [-0.4, -0.2) is 35.7 Å². The van der Waals surface area contributed by atoms with Gasteiger partial charge in [0.15, 0.2) is 0 Å². The first-order valence-corrected chi connectivity index (χ1v) is 4.08. The minimum Gasteiger partial charge on any atom is -0.392 e. The molecule has 0 saturated heterocycles. The van der Waals surface area contributed by atoms with Crippen LogP contribution in [0.2, 0.25) is 0 Å². The third kappa shape index (κ3) is 1.96. The van der Waals surface area contributed by atoms with Crippen LogP contribution >= 0.6 is 0 Å². The van der Waals surface area contributed by atoms with E-state index >= 15 is 0 Å². The molecule has 1 aliphatic carbocycles. The van der Waals surface area contributed by atoms with Gasteiger partial charge in [-0.3, -0.25) is 0 Å². The quantitative estimate of drug-likeness (QED) is 0.633. The van der Waals surface area contributed by atoms with Crippen LogP contribution < -0.4 is 0 Å². The van der Waals surface area contributed by atoms with E-state index in [9.17, 15) is 0 Å². The van der Waals surface area contributed by atoms with Crippen molar-refractivity contribution in [2.24, 2.45) is 0 Å². The summed E-state index contributed by atoms with van der Waals surface area (Å²) in [6.45, 7) is 2.67. The van der Waals surface area contributed by atoms with Crippen molar-refractivity contribution in [3.63, 3.8) is 0 Å². The summed E-state index contributed by atoms with van der Waals surface area (Å²) in [6.07, 6.45) is 3.84. The highest BCUT2D eigenvalue weighted by atomic mass is 16.3. The summed E-state index contributed by atoms with van der Waals surface area (Å²) in [5, 5.41) is 9.05. The summed E-state index contributed by atoms with van der Waals surface area (Å²) in [7, 11) is 2.09. The molecule has 1 N–H and O–H groups in total. The van der Waals surface area contributed by atoms with Gasteiger partial charge in [0.05, 0.1) is 6.10 Å². The molecule has 0 heterocycles. The van der Waals surface area contributed by atoms with Crippen molar-refractivity contribution in [2.75, 3.05) is 13.6 Å². The molecule has 1 saturated carbocycles. The van der Waals surface area contributed by atoms with Crippen LogP contribution in [0.4, 0.5) is 0 Å². The topological polar surface area (TPSA) is 23.5 Å². The Morgan fingerprint density at radius 3 is 2.50 bits per heavy atom. The normalized spacial score (nSPS) is 22.8. The van der Waals surface area contributed by atoms with Crippen molar-refractivity contribution >= 4 is 0 Å². The van der Waals surface area contributed by atoms with Crippen molar-refractivity contribution in [3.8, 4) is 0 Å². The predicted octanol–water partition coefficient (Wildman–Crippen LogP) is 0.851.